The molecule has 0 unspecified atom stereocenters. The molecule has 0 spiro atoms. The Kier molecular flexibility index (Phi) is 2.12. The molecule has 0 saturated carbocycles. The maximum atomic E-state index is 3.48. The molecular weight excluding hydrogens is 176 g/mol. The maximum absolute atomic E-state index is 3.48. The van der Waals surface area contributed by atoms with Crippen LogP contribution in [0, 0.1) is 6.42 Å². The largest absolute Gasteiger partial charge is 0.0807 e. The summed E-state index contributed by atoms with van der Waals surface area (Å²) in [6.07, 6.45) is 5.49. The van der Waals surface area contributed by atoms with Crippen LogP contribution < -0.4 is 0 Å². The van der Waals surface area contributed by atoms with Crippen LogP contribution in [0.2, 0.25) is 0 Å². The van der Waals surface area contributed by atoms with E-state index >= 15 is 0 Å². The average molecular weight is 186 g/mol. The standard InChI is InChI=1S/C8H10Br/c1-6-4-3-5-8(9)7(6)2/h4-5H,3H2,1-2H3. The van der Waals surface area contributed by atoms with Gasteiger partial charge in [0.05, 0.1) is 0 Å². The molecule has 0 aliphatic heterocycles. The first-order chi connectivity index (χ1) is 4.22. The lowest BCUT2D eigenvalue weighted by Gasteiger charge is -2.10. The number of halogens is 1. The highest BCUT2D eigenvalue weighted by Gasteiger charge is 2.05. The van der Waals surface area contributed by atoms with Crippen molar-refractivity contribution in [1.29, 1.82) is 0 Å². The first-order valence-electron chi connectivity index (χ1n) is 3.08. The predicted molar refractivity (Wildman–Crippen MR) is 44.3 cm³/mol. The summed E-state index contributed by atoms with van der Waals surface area (Å²) in [6, 6.07) is 0. The van der Waals surface area contributed by atoms with Crippen LogP contribution in [0.25, 0.3) is 0 Å². The predicted octanol–water partition coefficient (Wildman–Crippen LogP) is 3.21. The van der Waals surface area contributed by atoms with Gasteiger partial charge in [-0.1, -0.05) is 27.6 Å². The summed E-state index contributed by atoms with van der Waals surface area (Å²) in [7, 11) is 0. The van der Waals surface area contributed by atoms with E-state index in [2.05, 4.69) is 42.3 Å². The monoisotopic (exact) mass is 185 g/mol. The van der Waals surface area contributed by atoms with Crippen LogP contribution >= 0.6 is 15.9 Å². The molecule has 0 aromatic rings. The van der Waals surface area contributed by atoms with Crippen LogP contribution in [-0.2, 0) is 0 Å². The fraction of sp³-hybridized carbons (Fsp3) is 0.375. The third kappa shape index (κ3) is 1.45. The summed E-state index contributed by atoms with van der Waals surface area (Å²) >= 11 is 3.48. The Labute approximate surface area is 64.8 Å². The third-order valence-electron chi connectivity index (χ3n) is 1.67. The van der Waals surface area contributed by atoms with Crippen molar-refractivity contribution in [3.8, 4) is 0 Å². The molecule has 1 aliphatic carbocycles. The van der Waals surface area contributed by atoms with Crippen molar-refractivity contribution in [3.05, 3.63) is 28.1 Å². The third-order valence-corrected chi connectivity index (χ3v) is 2.59. The molecule has 0 heterocycles. The molecular formula is C8H10Br. The van der Waals surface area contributed by atoms with Crippen LogP contribution in [-0.4, -0.2) is 0 Å². The van der Waals surface area contributed by atoms with Crippen molar-refractivity contribution in [2.24, 2.45) is 0 Å². The van der Waals surface area contributed by atoms with Gasteiger partial charge in [0.25, 0.3) is 0 Å². The Hall–Kier alpha value is -0.0400. The van der Waals surface area contributed by atoms with Gasteiger partial charge in [0.15, 0.2) is 0 Å². The molecule has 0 N–H and O–H groups in total. The summed E-state index contributed by atoms with van der Waals surface area (Å²) < 4.78 is 1.25. The van der Waals surface area contributed by atoms with Crippen molar-refractivity contribution < 1.29 is 0 Å². The van der Waals surface area contributed by atoms with Crippen LogP contribution in [0.4, 0.5) is 0 Å². The van der Waals surface area contributed by atoms with Crippen molar-refractivity contribution >= 4 is 15.9 Å². The topological polar surface area (TPSA) is 0 Å². The molecule has 1 aliphatic rings. The zero-order chi connectivity index (χ0) is 6.85. The van der Waals surface area contributed by atoms with Gasteiger partial charge in [-0.2, -0.15) is 0 Å². The minimum atomic E-state index is 1.07. The van der Waals surface area contributed by atoms with Gasteiger partial charge in [0.1, 0.15) is 0 Å². The molecule has 49 valence electrons. The van der Waals surface area contributed by atoms with Gasteiger partial charge in [-0.05, 0) is 25.8 Å². The molecule has 0 aromatic carbocycles. The van der Waals surface area contributed by atoms with Crippen molar-refractivity contribution in [2.75, 3.05) is 0 Å². The van der Waals surface area contributed by atoms with Crippen LogP contribution in [0.1, 0.15) is 20.3 Å². The van der Waals surface area contributed by atoms with Crippen LogP contribution in [0.15, 0.2) is 21.7 Å². The Morgan fingerprint density at radius 3 is 2.56 bits per heavy atom. The molecule has 0 amide bonds. The lowest BCUT2D eigenvalue weighted by atomic mass is 10.0. The van der Waals surface area contributed by atoms with E-state index in [1.54, 1.807) is 0 Å². The fourth-order valence-corrected chi connectivity index (χ4v) is 1.33. The second kappa shape index (κ2) is 2.70. The number of rotatable bonds is 0. The average Bonchev–Trinajstić information content (AvgIpc) is 1.83. The van der Waals surface area contributed by atoms with Gasteiger partial charge in [0, 0.05) is 10.9 Å². The normalized spacial score (nSPS) is 20.1. The van der Waals surface area contributed by atoms with Crippen molar-refractivity contribution in [2.45, 2.75) is 20.3 Å². The molecule has 0 atom stereocenters. The minimum absolute atomic E-state index is 1.07. The Bertz CT molecular complexity index is 175. The van der Waals surface area contributed by atoms with E-state index in [0.717, 1.165) is 6.42 Å². The Morgan fingerprint density at radius 1 is 1.44 bits per heavy atom. The summed E-state index contributed by atoms with van der Waals surface area (Å²) in [4.78, 5) is 0. The Morgan fingerprint density at radius 2 is 2.11 bits per heavy atom. The van der Waals surface area contributed by atoms with E-state index in [9.17, 15) is 0 Å². The van der Waals surface area contributed by atoms with E-state index in [4.69, 9.17) is 0 Å². The fourth-order valence-electron chi connectivity index (χ4n) is 0.834. The molecule has 1 heteroatoms. The zero-order valence-corrected chi connectivity index (χ0v) is 7.33. The quantitative estimate of drug-likeness (QED) is 0.544. The molecule has 9 heavy (non-hydrogen) atoms. The second-order valence-corrected chi connectivity index (χ2v) is 3.15. The number of hydrogen-bond donors (Lipinski definition) is 0. The first kappa shape index (κ1) is 7.07. The van der Waals surface area contributed by atoms with E-state index in [-0.39, 0.29) is 0 Å². The highest BCUT2D eigenvalue weighted by molar-refractivity contribution is 9.11. The van der Waals surface area contributed by atoms with Crippen LogP contribution in [0.3, 0.4) is 0 Å². The molecule has 0 nitrogen and oxygen atoms in total. The van der Waals surface area contributed by atoms with Crippen LogP contribution in [0.5, 0.6) is 0 Å². The van der Waals surface area contributed by atoms with E-state index in [1.165, 1.54) is 15.6 Å². The van der Waals surface area contributed by atoms with Gasteiger partial charge >= 0.3 is 0 Å². The van der Waals surface area contributed by atoms with Gasteiger partial charge < -0.3 is 0 Å². The molecule has 0 saturated heterocycles. The van der Waals surface area contributed by atoms with E-state index in [0.29, 0.717) is 0 Å². The van der Waals surface area contributed by atoms with Crippen molar-refractivity contribution in [1.82, 2.24) is 0 Å². The van der Waals surface area contributed by atoms with Gasteiger partial charge in [-0.25, -0.2) is 0 Å². The summed E-state index contributed by atoms with van der Waals surface area (Å²) in [5.74, 6) is 0. The Balaban J connectivity index is 2.88. The maximum Gasteiger partial charge on any atom is 0.00228 e. The van der Waals surface area contributed by atoms with Gasteiger partial charge in [-0.15, -0.1) is 0 Å². The summed E-state index contributed by atoms with van der Waals surface area (Å²) in [6.45, 7) is 4.27. The number of hydrogen-bond acceptors (Lipinski definition) is 0. The summed E-state index contributed by atoms with van der Waals surface area (Å²) in [5, 5.41) is 0. The molecule has 1 rings (SSSR count). The SMILES string of the molecule is CC1=CC[CH]C(Br)=C1C. The second-order valence-electron chi connectivity index (χ2n) is 2.30. The summed E-state index contributed by atoms with van der Waals surface area (Å²) in [5.41, 5.74) is 2.76. The molecule has 0 aromatic heterocycles. The van der Waals surface area contributed by atoms with Gasteiger partial charge in [-0.3, -0.25) is 0 Å². The van der Waals surface area contributed by atoms with Crippen molar-refractivity contribution in [3.63, 3.8) is 0 Å². The lowest BCUT2D eigenvalue weighted by Crippen LogP contribution is -1.91. The smallest absolute Gasteiger partial charge is 0.00228 e. The number of allylic oxidation sites excluding steroid dienone is 4. The highest BCUT2D eigenvalue weighted by Crippen LogP contribution is 2.27. The lowest BCUT2D eigenvalue weighted by molar-refractivity contribution is 1.15. The molecule has 0 bridgehead atoms. The highest BCUT2D eigenvalue weighted by atomic mass is 79.9. The minimum Gasteiger partial charge on any atom is -0.0807 e. The molecule has 1 radical (unpaired) electrons. The molecule has 0 fully saturated rings. The van der Waals surface area contributed by atoms with Gasteiger partial charge in [0.2, 0.25) is 0 Å². The zero-order valence-electron chi connectivity index (χ0n) is 5.74. The van der Waals surface area contributed by atoms with E-state index in [1.807, 2.05) is 0 Å². The first-order valence-corrected chi connectivity index (χ1v) is 3.88. The van der Waals surface area contributed by atoms with E-state index < -0.39 is 0 Å².